The van der Waals surface area contributed by atoms with E-state index in [1.54, 1.807) is 0 Å². The zero-order valence-electron chi connectivity index (χ0n) is 68.0. The summed E-state index contributed by atoms with van der Waals surface area (Å²) in [6.07, 6.45) is 6.51. The fourth-order valence-corrected chi connectivity index (χ4v) is 12.2. The Morgan fingerprint density at radius 1 is 0.364 bits per heavy atom. The Hall–Kier alpha value is -11.3. The molecule has 1 aliphatic heterocycles. The zero-order chi connectivity index (χ0) is 82.2. The van der Waals surface area contributed by atoms with Crippen LogP contribution in [-0.2, 0) is 106 Å². The van der Waals surface area contributed by atoms with Crippen molar-refractivity contribution in [3.05, 3.63) is 378 Å². The number of fused-ring (bicyclic) bond motifs is 9. The smallest absolute Gasteiger partial charge is 0.216 e. The second-order valence-corrected chi connectivity index (χ2v) is 27.2. The van der Waals surface area contributed by atoms with Crippen LogP contribution in [0.3, 0.4) is 0 Å². The molecule has 0 saturated heterocycles. The van der Waals surface area contributed by atoms with Gasteiger partial charge in [0.15, 0.2) is 29.7 Å². The van der Waals surface area contributed by atoms with Crippen LogP contribution < -0.4 is 4.57 Å². The summed E-state index contributed by atoms with van der Waals surface area (Å²) >= 11 is 0. The molecule has 610 valence electrons. The second kappa shape index (κ2) is 50.3. The molecule has 4 N–H and O–H groups in total. The van der Waals surface area contributed by atoms with Crippen molar-refractivity contribution < 1.29 is 125 Å². The number of carbonyl (C=O) groups excluding carboxylic acids is 4. The van der Waals surface area contributed by atoms with Gasteiger partial charge in [-0.25, -0.2) is 0 Å². The molecule has 0 atom stereocenters. The van der Waals surface area contributed by atoms with E-state index >= 15 is 0 Å². The summed E-state index contributed by atoms with van der Waals surface area (Å²) in [5.74, 6) is -0.250. The predicted octanol–water partition coefficient (Wildman–Crippen LogP) is 23.6. The minimum Gasteiger partial charge on any atom is -0.512 e. The molecule has 4 radical (unpaired) electrons. The Labute approximate surface area is 746 Å². The van der Waals surface area contributed by atoms with Gasteiger partial charge in [-0.2, -0.15) is 4.57 Å². The number of rotatable bonds is 8. The average Bonchev–Trinajstić information content (AvgIpc) is 1.59. The number of pyridine rings is 5. The fraction of sp³-hybridized carbons (Fsp3) is 0.139. The fourth-order valence-electron chi connectivity index (χ4n) is 12.2. The SMILES string of the molecule is CC(=O)C=C(C)O.CC(=O)C=C(C)O.CC(=O)C=C(C)O.CC(=O)C=C(C)O.Cc1[c-]c(-c2ccc3ccc(C)cc3n2)cc(C)c1.Cc1cc2ccccc2[n+]2c1-c1ccccc1C2.Cc1ccc2ccc(-c3[c-]cccc3)nc2c1.[Ir].[Ir].[Ir].[Ir].[c-]1ccccc1-c1ccc2ccccc2n1.[c-]1ccccc1-c1nccc2ccccc12. The van der Waals surface area contributed by atoms with Gasteiger partial charge in [0.05, 0.1) is 45.2 Å². The summed E-state index contributed by atoms with van der Waals surface area (Å²) in [6.45, 7) is 23.0. The van der Waals surface area contributed by atoms with E-state index in [4.69, 9.17) is 25.4 Å². The first-order valence-electron chi connectivity index (χ1n) is 37.1. The van der Waals surface area contributed by atoms with Gasteiger partial charge in [-0.1, -0.05) is 147 Å². The van der Waals surface area contributed by atoms with E-state index in [-0.39, 0.29) is 127 Å². The van der Waals surface area contributed by atoms with Crippen molar-refractivity contribution in [1.82, 2.24) is 19.9 Å². The van der Waals surface area contributed by atoms with Crippen LogP contribution in [0.1, 0.15) is 88.8 Å². The van der Waals surface area contributed by atoms with E-state index in [0.29, 0.717) is 0 Å². The third kappa shape index (κ3) is 32.0. The molecule has 0 saturated carbocycles. The minimum atomic E-state index is -0.125. The molecule has 0 fully saturated rings. The van der Waals surface area contributed by atoms with Crippen LogP contribution in [0.5, 0.6) is 0 Å². The summed E-state index contributed by atoms with van der Waals surface area (Å²) < 4.78 is 2.44. The van der Waals surface area contributed by atoms with Gasteiger partial charge in [-0.15, -0.1) is 143 Å². The molecule has 15 aromatic rings. The molecule has 5 aromatic heterocycles. The van der Waals surface area contributed by atoms with Gasteiger partial charge in [0.1, 0.15) is 0 Å². The Morgan fingerprint density at radius 2 is 0.763 bits per heavy atom. The molecular formula is C101H94Ir4N5O8-3. The first-order valence-corrected chi connectivity index (χ1v) is 37.1. The molecule has 0 unspecified atom stereocenters. The maximum Gasteiger partial charge on any atom is 0.216 e. The Kier molecular flexibility index (Phi) is 42.3. The molecule has 0 bridgehead atoms. The predicted molar refractivity (Wildman–Crippen MR) is 465 cm³/mol. The monoisotopic (exact) mass is 2280 g/mol. The number of allylic oxidation sites excluding steroid dienone is 8. The van der Waals surface area contributed by atoms with Crippen LogP contribution >= 0.6 is 0 Å². The number of aliphatic hydroxyl groups excluding tert-OH is 4. The van der Waals surface area contributed by atoms with Crippen molar-refractivity contribution in [1.29, 1.82) is 0 Å². The molecule has 6 heterocycles. The molecule has 10 aromatic carbocycles. The van der Waals surface area contributed by atoms with Crippen molar-refractivity contribution in [3.63, 3.8) is 0 Å². The van der Waals surface area contributed by atoms with E-state index in [2.05, 4.69) is 224 Å². The number of aliphatic hydroxyl groups is 4. The molecule has 0 aliphatic carbocycles. The number of para-hydroxylation sites is 2. The maximum absolute atomic E-state index is 10.0. The number of nitrogens with zero attached hydrogens (tertiary/aromatic N) is 5. The van der Waals surface area contributed by atoms with Gasteiger partial charge in [0.2, 0.25) is 11.2 Å². The van der Waals surface area contributed by atoms with E-state index in [1.165, 1.54) is 157 Å². The molecule has 17 heteroatoms. The number of carbonyl (C=O) groups is 4. The third-order valence-electron chi connectivity index (χ3n) is 16.8. The van der Waals surface area contributed by atoms with Gasteiger partial charge in [0, 0.05) is 134 Å². The van der Waals surface area contributed by atoms with Gasteiger partial charge in [-0.05, 0) is 179 Å². The Bertz CT molecular complexity index is 5820. The van der Waals surface area contributed by atoms with Crippen molar-refractivity contribution >= 4 is 77.5 Å². The largest absolute Gasteiger partial charge is 0.512 e. The molecular weight excluding hydrogens is 2180 g/mol. The van der Waals surface area contributed by atoms with Crippen LogP contribution in [0.2, 0.25) is 0 Å². The van der Waals surface area contributed by atoms with E-state index in [9.17, 15) is 19.2 Å². The molecule has 0 spiro atoms. The number of hydrogen-bond acceptors (Lipinski definition) is 12. The van der Waals surface area contributed by atoms with Gasteiger partial charge in [0.25, 0.3) is 0 Å². The summed E-state index contributed by atoms with van der Waals surface area (Å²) in [5, 5.41) is 40.7. The van der Waals surface area contributed by atoms with E-state index in [1.807, 2.05) is 128 Å². The minimum absolute atomic E-state index is 0. The van der Waals surface area contributed by atoms with Crippen molar-refractivity contribution in [2.45, 2.75) is 96.6 Å². The number of benzene rings is 10. The van der Waals surface area contributed by atoms with Gasteiger partial charge in [-0.3, -0.25) is 34.1 Å². The van der Waals surface area contributed by atoms with Gasteiger partial charge >= 0.3 is 0 Å². The zero-order valence-corrected chi connectivity index (χ0v) is 77.6. The normalized spacial score (nSPS) is 10.8. The molecule has 16 rings (SSSR count). The number of aryl methyl sites for hydroxylation is 5. The van der Waals surface area contributed by atoms with Crippen LogP contribution in [0.25, 0.3) is 111 Å². The summed E-state index contributed by atoms with van der Waals surface area (Å²) in [6, 6.07) is 104. The molecule has 1 aliphatic rings. The van der Waals surface area contributed by atoms with Crippen molar-refractivity contribution in [2.24, 2.45) is 0 Å². The van der Waals surface area contributed by atoms with E-state index < -0.39 is 0 Å². The number of hydrogen-bond donors (Lipinski definition) is 4. The van der Waals surface area contributed by atoms with Gasteiger partial charge < -0.3 is 25.4 Å². The van der Waals surface area contributed by atoms with Crippen LogP contribution in [-0.4, -0.2) is 63.5 Å². The van der Waals surface area contributed by atoms with E-state index in [0.717, 1.165) is 73.7 Å². The summed E-state index contributed by atoms with van der Waals surface area (Å²) in [7, 11) is 0. The van der Waals surface area contributed by atoms with Crippen LogP contribution in [0.4, 0.5) is 0 Å². The second-order valence-electron chi connectivity index (χ2n) is 27.2. The number of aromatic nitrogens is 5. The Morgan fingerprint density at radius 3 is 1.22 bits per heavy atom. The van der Waals surface area contributed by atoms with Crippen LogP contribution in [0.15, 0.2) is 320 Å². The van der Waals surface area contributed by atoms with Crippen molar-refractivity contribution in [3.8, 4) is 56.3 Å². The first kappa shape index (κ1) is 99.0. The molecule has 0 amide bonds. The van der Waals surface area contributed by atoms with Crippen LogP contribution in [0, 0.1) is 58.9 Å². The quantitative estimate of drug-likeness (QED) is 0.0486. The molecule has 13 nitrogen and oxygen atoms in total. The van der Waals surface area contributed by atoms with Crippen molar-refractivity contribution in [2.75, 3.05) is 0 Å². The standard InChI is InChI=1S/C18H16N.C17H14N.C16H12N.2C15H10N.4C5H8O2.4Ir/c1-12-4-5-15-6-7-17(19-18(15)11-12)16-9-13(2)8-14(3)10-16;1-12-10-13-6-3-5-9-16(13)18-11-14-7-2-4-8-15(14)17(12)18;1-12-7-8-14-9-10-15(17-16(14)11-12)13-5-3-2-4-6-13;1-2-7-13(8-3-1)15-14-9-5-4-6-12(14)10-11-16-15;1-2-6-12(7-3-1)15-11-10-13-8-4-5-9-14(13)16-15;4*1-4(6)3-5(2)7;;;;/h4-9,11H,1-3H3;2-10H,11H2,1H3;2-5,7-11H,1H3;1-7,9-11H;1-6,8-11H;4*3,6H,1-2H3;;;;/q-1;+1;3*-1;;;;;;;;. The topological polar surface area (TPSA) is 205 Å². The maximum atomic E-state index is 10.0. The average molecular weight is 2270 g/mol. The Balaban J connectivity index is 0.000000285. The summed E-state index contributed by atoms with van der Waals surface area (Å²) in [5.41, 5.74) is 23.0. The number of ketones is 4. The third-order valence-corrected chi connectivity index (χ3v) is 16.8. The first-order chi connectivity index (χ1) is 54.7. The molecule has 118 heavy (non-hydrogen) atoms. The summed E-state index contributed by atoms with van der Waals surface area (Å²) in [4.78, 5) is 58.6.